The van der Waals surface area contributed by atoms with Crippen molar-refractivity contribution in [1.29, 1.82) is 0 Å². The van der Waals surface area contributed by atoms with E-state index in [4.69, 9.17) is 16.3 Å². The first-order chi connectivity index (χ1) is 15.5. The molecule has 2 heterocycles. The van der Waals surface area contributed by atoms with Crippen molar-refractivity contribution in [3.05, 3.63) is 94.8 Å². The van der Waals surface area contributed by atoms with Gasteiger partial charge in [-0.2, -0.15) is 0 Å². The molecule has 1 atom stereocenters. The molecule has 0 spiro atoms. The summed E-state index contributed by atoms with van der Waals surface area (Å²) < 4.78 is 5.58. The Morgan fingerprint density at radius 1 is 1.09 bits per heavy atom. The van der Waals surface area contributed by atoms with E-state index in [-0.39, 0.29) is 11.3 Å². The minimum absolute atomic E-state index is 0.00315. The number of ether oxygens (including phenoxy) is 1. The first-order valence-corrected chi connectivity index (χ1v) is 10.6. The lowest BCUT2D eigenvalue weighted by molar-refractivity contribution is -0.132. The number of anilines is 1. The predicted octanol–water partition coefficient (Wildman–Crippen LogP) is 5.15. The number of benzene rings is 2. The normalized spacial score (nSPS) is 17.6. The molecule has 1 amide bonds. The van der Waals surface area contributed by atoms with Crippen LogP contribution in [0.2, 0.25) is 5.02 Å². The van der Waals surface area contributed by atoms with Crippen molar-refractivity contribution in [2.24, 2.45) is 0 Å². The number of hydrogen-bond donors (Lipinski definition) is 1. The van der Waals surface area contributed by atoms with E-state index in [2.05, 4.69) is 4.98 Å². The van der Waals surface area contributed by atoms with Crippen molar-refractivity contribution in [3.8, 4) is 5.75 Å². The number of hydrogen-bond acceptors (Lipinski definition) is 5. The Bertz CT molecular complexity index is 1180. The van der Waals surface area contributed by atoms with Gasteiger partial charge in [0.15, 0.2) is 0 Å². The van der Waals surface area contributed by atoms with E-state index in [0.29, 0.717) is 34.2 Å². The molecule has 0 bridgehead atoms. The summed E-state index contributed by atoms with van der Waals surface area (Å²) in [5.41, 5.74) is 1.52. The molecule has 6 nitrogen and oxygen atoms in total. The Hall–Kier alpha value is -3.64. The van der Waals surface area contributed by atoms with Crippen molar-refractivity contribution in [2.45, 2.75) is 19.4 Å². The molecule has 0 aliphatic carbocycles. The Morgan fingerprint density at radius 2 is 1.81 bits per heavy atom. The van der Waals surface area contributed by atoms with Crippen LogP contribution in [-0.2, 0) is 9.59 Å². The first kappa shape index (κ1) is 21.6. The molecule has 3 aromatic rings. The van der Waals surface area contributed by atoms with Gasteiger partial charge in [0.1, 0.15) is 11.5 Å². The van der Waals surface area contributed by atoms with Crippen molar-refractivity contribution in [3.63, 3.8) is 0 Å². The third kappa shape index (κ3) is 4.09. The molecule has 4 rings (SSSR count). The molecular formula is C25H21ClN2O4. The van der Waals surface area contributed by atoms with Gasteiger partial charge in [-0.3, -0.25) is 19.5 Å². The average molecular weight is 449 g/mol. The Labute approximate surface area is 190 Å². The van der Waals surface area contributed by atoms with Gasteiger partial charge < -0.3 is 9.84 Å². The van der Waals surface area contributed by atoms with Crippen LogP contribution in [0, 0.1) is 0 Å². The molecule has 1 aliphatic heterocycles. The number of Topliss-reactive ketones (excluding diaryl/α,β-unsaturated/α-hetero) is 1. The second kappa shape index (κ2) is 9.24. The molecule has 1 aromatic heterocycles. The number of rotatable bonds is 6. The summed E-state index contributed by atoms with van der Waals surface area (Å²) in [7, 11) is 0. The summed E-state index contributed by atoms with van der Waals surface area (Å²) in [6, 6.07) is 16.1. The van der Waals surface area contributed by atoms with Crippen molar-refractivity contribution in [2.75, 3.05) is 11.5 Å². The van der Waals surface area contributed by atoms with Crippen LogP contribution in [0.25, 0.3) is 5.76 Å². The molecule has 1 unspecified atom stereocenters. The second-order valence-electron chi connectivity index (χ2n) is 7.30. The van der Waals surface area contributed by atoms with Crippen LogP contribution in [0.15, 0.2) is 78.6 Å². The maximum absolute atomic E-state index is 13.1. The lowest BCUT2D eigenvalue weighted by Gasteiger charge is -2.25. The van der Waals surface area contributed by atoms with Gasteiger partial charge in [0.2, 0.25) is 0 Å². The van der Waals surface area contributed by atoms with E-state index < -0.39 is 17.7 Å². The van der Waals surface area contributed by atoms with Gasteiger partial charge in [0, 0.05) is 28.7 Å². The lowest BCUT2D eigenvalue weighted by Crippen LogP contribution is -2.29. The topological polar surface area (TPSA) is 79.7 Å². The molecule has 1 fully saturated rings. The van der Waals surface area contributed by atoms with Gasteiger partial charge in [-0.25, -0.2) is 0 Å². The number of halogens is 1. The second-order valence-corrected chi connectivity index (χ2v) is 7.74. The van der Waals surface area contributed by atoms with Crippen LogP contribution in [0.5, 0.6) is 5.75 Å². The SMILES string of the molecule is CCCOc1ccc(/C(O)=C2\C(=O)C(=O)N(c3cccc(Cl)c3)C2c2ccncc2)cc1. The molecule has 0 radical (unpaired) electrons. The maximum Gasteiger partial charge on any atom is 0.300 e. The Balaban J connectivity index is 1.84. The molecule has 1 aliphatic rings. The molecule has 1 saturated heterocycles. The van der Waals surface area contributed by atoms with Gasteiger partial charge in [0.05, 0.1) is 18.2 Å². The van der Waals surface area contributed by atoms with Crippen LogP contribution in [-0.4, -0.2) is 28.4 Å². The number of carbonyl (C=O) groups excluding carboxylic acids is 2. The van der Waals surface area contributed by atoms with Crippen molar-refractivity contribution in [1.82, 2.24) is 4.98 Å². The number of aliphatic hydroxyl groups is 1. The third-order valence-corrected chi connectivity index (χ3v) is 5.39. The summed E-state index contributed by atoms with van der Waals surface area (Å²) in [6.45, 7) is 2.59. The summed E-state index contributed by atoms with van der Waals surface area (Å²) in [5.74, 6) is -1.10. The highest BCUT2D eigenvalue weighted by molar-refractivity contribution is 6.51. The fourth-order valence-corrected chi connectivity index (χ4v) is 3.85. The Morgan fingerprint density at radius 3 is 2.47 bits per heavy atom. The molecule has 7 heteroatoms. The monoisotopic (exact) mass is 448 g/mol. The number of carbonyl (C=O) groups is 2. The number of aliphatic hydroxyl groups excluding tert-OH is 1. The van der Waals surface area contributed by atoms with Crippen LogP contribution < -0.4 is 9.64 Å². The highest BCUT2D eigenvalue weighted by Gasteiger charge is 2.47. The van der Waals surface area contributed by atoms with Gasteiger partial charge in [-0.15, -0.1) is 0 Å². The quantitative estimate of drug-likeness (QED) is 0.320. The zero-order valence-corrected chi connectivity index (χ0v) is 18.1. The largest absolute Gasteiger partial charge is 0.507 e. The first-order valence-electron chi connectivity index (χ1n) is 10.2. The summed E-state index contributed by atoms with van der Waals surface area (Å²) in [4.78, 5) is 31.6. The highest BCUT2D eigenvalue weighted by Crippen LogP contribution is 2.42. The molecule has 32 heavy (non-hydrogen) atoms. The van der Waals surface area contributed by atoms with Crippen LogP contribution in [0.1, 0.15) is 30.5 Å². The van der Waals surface area contributed by atoms with E-state index in [0.717, 1.165) is 6.42 Å². The minimum atomic E-state index is -0.826. The van der Waals surface area contributed by atoms with Crippen LogP contribution in [0.3, 0.4) is 0 Å². The fraction of sp³-hybridized carbons (Fsp3) is 0.160. The zero-order chi connectivity index (χ0) is 22.7. The zero-order valence-electron chi connectivity index (χ0n) is 17.4. The molecule has 162 valence electrons. The van der Waals surface area contributed by atoms with Gasteiger partial charge in [-0.1, -0.05) is 24.6 Å². The maximum atomic E-state index is 13.1. The fourth-order valence-electron chi connectivity index (χ4n) is 3.67. The molecular weight excluding hydrogens is 428 g/mol. The van der Waals surface area contributed by atoms with Crippen LogP contribution in [0.4, 0.5) is 5.69 Å². The smallest absolute Gasteiger partial charge is 0.300 e. The van der Waals surface area contributed by atoms with Gasteiger partial charge in [-0.05, 0) is 66.6 Å². The minimum Gasteiger partial charge on any atom is -0.507 e. The standard InChI is InChI=1S/C25H21ClN2O4/c1-2-14-32-20-8-6-17(7-9-20)23(29)21-22(16-10-12-27-13-11-16)28(25(31)24(21)30)19-5-3-4-18(26)15-19/h3-13,15,22,29H,2,14H2,1H3/b23-21+. The summed E-state index contributed by atoms with van der Waals surface area (Å²) >= 11 is 6.14. The number of aromatic nitrogens is 1. The number of amides is 1. The number of nitrogens with zero attached hydrogens (tertiary/aromatic N) is 2. The van der Waals surface area contributed by atoms with E-state index in [9.17, 15) is 14.7 Å². The van der Waals surface area contributed by atoms with Gasteiger partial charge >= 0.3 is 0 Å². The Kier molecular flexibility index (Phi) is 6.23. The molecule has 2 aromatic carbocycles. The highest BCUT2D eigenvalue weighted by atomic mass is 35.5. The van der Waals surface area contributed by atoms with E-state index in [1.807, 2.05) is 6.92 Å². The number of ketones is 1. The van der Waals surface area contributed by atoms with E-state index >= 15 is 0 Å². The molecule has 1 N–H and O–H groups in total. The summed E-state index contributed by atoms with van der Waals surface area (Å²) in [6.07, 6.45) is 4.03. The third-order valence-electron chi connectivity index (χ3n) is 5.15. The van der Waals surface area contributed by atoms with E-state index in [1.165, 1.54) is 4.90 Å². The summed E-state index contributed by atoms with van der Waals surface area (Å²) in [5, 5.41) is 11.6. The van der Waals surface area contributed by atoms with Crippen molar-refractivity contribution < 1.29 is 19.4 Å². The predicted molar refractivity (Wildman–Crippen MR) is 123 cm³/mol. The van der Waals surface area contributed by atoms with Crippen LogP contribution >= 0.6 is 11.6 Å². The average Bonchev–Trinajstić information content (AvgIpc) is 3.08. The lowest BCUT2D eigenvalue weighted by atomic mass is 9.95. The number of pyridine rings is 1. The molecule has 0 saturated carbocycles. The van der Waals surface area contributed by atoms with Crippen molar-refractivity contribution >= 4 is 34.7 Å². The van der Waals surface area contributed by atoms with E-state index in [1.54, 1.807) is 73.1 Å². The van der Waals surface area contributed by atoms with Gasteiger partial charge in [0.25, 0.3) is 11.7 Å².